The van der Waals surface area contributed by atoms with Gasteiger partial charge in [0.15, 0.2) is 0 Å². The van der Waals surface area contributed by atoms with E-state index in [1.807, 2.05) is 24.3 Å². The van der Waals surface area contributed by atoms with Gasteiger partial charge >= 0.3 is 0 Å². The molecule has 0 amide bonds. The van der Waals surface area contributed by atoms with Crippen LogP contribution in [0.15, 0.2) is 28.7 Å². The van der Waals surface area contributed by atoms with Crippen LogP contribution in [0.5, 0.6) is 0 Å². The predicted octanol–water partition coefficient (Wildman–Crippen LogP) is 2.78. The molecular formula is C13H17BrO2. The minimum atomic E-state index is -0.406. The number of hydrogen-bond donors (Lipinski definition) is 1. The zero-order valence-electron chi connectivity index (χ0n) is 9.40. The lowest BCUT2D eigenvalue weighted by atomic mass is 9.95. The highest BCUT2D eigenvalue weighted by Crippen LogP contribution is 2.26. The summed E-state index contributed by atoms with van der Waals surface area (Å²) in [5.74, 6) is 0.456. The molecule has 0 radical (unpaired) electrons. The lowest BCUT2D eigenvalue weighted by Gasteiger charge is -2.21. The van der Waals surface area contributed by atoms with Crippen LogP contribution in [-0.4, -0.2) is 23.9 Å². The van der Waals surface area contributed by atoms with Crippen molar-refractivity contribution in [3.05, 3.63) is 34.3 Å². The van der Waals surface area contributed by atoms with Crippen molar-refractivity contribution in [2.24, 2.45) is 5.92 Å². The first-order valence-electron chi connectivity index (χ1n) is 5.71. The van der Waals surface area contributed by atoms with Crippen LogP contribution < -0.4 is 0 Å². The molecule has 2 rings (SSSR count). The summed E-state index contributed by atoms with van der Waals surface area (Å²) in [6, 6.07) is 8.01. The highest BCUT2D eigenvalue weighted by atomic mass is 79.9. The summed E-state index contributed by atoms with van der Waals surface area (Å²) in [4.78, 5) is 0. The Balaban J connectivity index is 2.02. The van der Waals surface area contributed by atoms with E-state index in [1.165, 1.54) is 0 Å². The van der Waals surface area contributed by atoms with E-state index in [2.05, 4.69) is 22.9 Å². The summed E-state index contributed by atoms with van der Waals surface area (Å²) in [6.45, 7) is 2.92. The number of aliphatic hydroxyl groups excluding tert-OH is 1. The third kappa shape index (κ3) is 2.65. The number of aliphatic hydroxyl groups is 1. The fraction of sp³-hybridized carbons (Fsp3) is 0.538. The van der Waals surface area contributed by atoms with Crippen molar-refractivity contribution >= 4 is 15.9 Å². The molecule has 0 aromatic heterocycles. The van der Waals surface area contributed by atoms with Crippen LogP contribution in [0.25, 0.3) is 0 Å². The lowest BCUT2D eigenvalue weighted by molar-refractivity contribution is -0.0158. The number of halogens is 1. The lowest BCUT2D eigenvalue weighted by Crippen LogP contribution is -2.31. The molecule has 0 saturated carbocycles. The number of rotatable bonds is 3. The first-order chi connectivity index (χ1) is 7.68. The molecule has 1 fully saturated rings. The molecule has 2 nitrogen and oxygen atoms in total. The molecular weight excluding hydrogens is 268 g/mol. The second-order valence-electron chi connectivity index (χ2n) is 4.46. The van der Waals surface area contributed by atoms with Crippen LogP contribution in [0.2, 0.25) is 0 Å². The minimum Gasteiger partial charge on any atom is -0.390 e. The number of hydrogen-bond acceptors (Lipinski definition) is 2. The zero-order chi connectivity index (χ0) is 11.5. The van der Waals surface area contributed by atoms with Crippen LogP contribution in [0, 0.1) is 5.92 Å². The van der Waals surface area contributed by atoms with Gasteiger partial charge in [0.05, 0.1) is 12.2 Å². The first kappa shape index (κ1) is 12.1. The highest BCUT2D eigenvalue weighted by Gasteiger charge is 2.30. The van der Waals surface area contributed by atoms with Gasteiger partial charge in [0, 0.05) is 17.5 Å². The van der Waals surface area contributed by atoms with E-state index in [4.69, 9.17) is 4.74 Å². The van der Waals surface area contributed by atoms with Crippen molar-refractivity contribution in [2.75, 3.05) is 6.61 Å². The fourth-order valence-corrected chi connectivity index (χ4v) is 2.66. The minimum absolute atomic E-state index is 0.00731. The molecule has 3 atom stereocenters. The molecule has 0 spiro atoms. The van der Waals surface area contributed by atoms with E-state index in [0.717, 1.165) is 23.1 Å². The predicted molar refractivity (Wildman–Crippen MR) is 67.4 cm³/mol. The average molecular weight is 285 g/mol. The van der Waals surface area contributed by atoms with Crippen LogP contribution in [0.1, 0.15) is 18.9 Å². The molecule has 1 aromatic carbocycles. The van der Waals surface area contributed by atoms with Gasteiger partial charge in [0.1, 0.15) is 0 Å². The van der Waals surface area contributed by atoms with E-state index in [9.17, 15) is 5.11 Å². The van der Waals surface area contributed by atoms with Crippen molar-refractivity contribution in [1.29, 1.82) is 0 Å². The normalized spacial score (nSPS) is 26.9. The highest BCUT2D eigenvalue weighted by molar-refractivity contribution is 9.10. The Bertz CT molecular complexity index is 354. The molecule has 3 unspecified atom stereocenters. The molecule has 1 heterocycles. The average Bonchev–Trinajstić information content (AvgIpc) is 2.68. The van der Waals surface area contributed by atoms with Gasteiger partial charge in [-0.15, -0.1) is 0 Å². The quantitative estimate of drug-likeness (QED) is 0.925. The standard InChI is InChI=1S/C13H17BrO2/c1-9-6-7-16-13(9)12(15)8-10-4-2-3-5-11(10)14/h2-5,9,12-13,15H,6-8H2,1H3. The van der Waals surface area contributed by atoms with Gasteiger partial charge in [0.25, 0.3) is 0 Å². The summed E-state index contributed by atoms with van der Waals surface area (Å²) in [7, 11) is 0. The van der Waals surface area contributed by atoms with Gasteiger partial charge in [-0.25, -0.2) is 0 Å². The molecule has 16 heavy (non-hydrogen) atoms. The van der Waals surface area contributed by atoms with E-state index < -0.39 is 6.10 Å². The Kier molecular flexibility index (Phi) is 4.00. The molecule has 1 aliphatic rings. The van der Waals surface area contributed by atoms with Gasteiger partial charge in [-0.3, -0.25) is 0 Å². The molecule has 0 bridgehead atoms. The first-order valence-corrected chi connectivity index (χ1v) is 6.51. The van der Waals surface area contributed by atoms with Crippen LogP contribution in [0.4, 0.5) is 0 Å². The molecule has 1 aliphatic heterocycles. The summed E-state index contributed by atoms with van der Waals surface area (Å²) in [6.07, 6.45) is 1.29. The molecule has 88 valence electrons. The largest absolute Gasteiger partial charge is 0.390 e. The molecule has 3 heteroatoms. The fourth-order valence-electron chi connectivity index (χ4n) is 2.21. The Labute approximate surface area is 105 Å². The maximum absolute atomic E-state index is 10.2. The Morgan fingerprint density at radius 2 is 2.25 bits per heavy atom. The molecule has 1 N–H and O–H groups in total. The maximum Gasteiger partial charge on any atom is 0.0863 e. The van der Waals surface area contributed by atoms with Gasteiger partial charge in [0.2, 0.25) is 0 Å². The number of benzene rings is 1. The van der Waals surface area contributed by atoms with E-state index in [0.29, 0.717) is 12.3 Å². The van der Waals surface area contributed by atoms with Crippen molar-refractivity contribution in [3.63, 3.8) is 0 Å². The Morgan fingerprint density at radius 3 is 2.88 bits per heavy atom. The SMILES string of the molecule is CC1CCOC1C(O)Cc1ccccc1Br. The van der Waals surface area contributed by atoms with Crippen LogP contribution in [-0.2, 0) is 11.2 Å². The summed E-state index contributed by atoms with van der Waals surface area (Å²) < 4.78 is 6.63. The maximum atomic E-state index is 10.2. The second kappa shape index (κ2) is 5.30. The third-order valence-corrected chi connectivity index (χ3v) is 3.98. The van der Waals surface area contributed by atoms with Crippen molar-refractivity contribution in [1.82, 2.24) is 0 Å². The van der Waals surface area contributed by atoms with Gasteiger partial charge in [-0.2, -0.15) is 0 Å². The van der Waals surface area contributed by atoms with Crippen LogP contribution in [0.3, 0.4) is 0 Å². The van der Waals surface area contributed by atoms with E-state index >= 15 is 0 Å². The van der Waals surface area contributed by atoms with E-state index in [-0.39, 0.29) is 6.10 Å². The van der Waals surface area contributed by atoms with Crippen LogP contribution >= 0.6 is 15.9 Å². The van der Waals surface area contributed by atoms with Gasteiger partial charge in [-0.05, 0) is 24.0 Å². The summed E-state index contributed by atoms with van der Waals surface area (Å²) in [5, 5.41) is 10.2. The monoisotopic (exact) mass is 284 g/mol. The summed E-state index contributed by atoms with van der Waals surface area (Å²) >= 11 is 3.50. The van der Waals surface area contributed by atoms with Crippen molar-refractivity contribution < 1.29 is 9.84 Å². The third-order valence-electron chi connectivity index (χ3n) is 3.21. The second-order valence-corrected chi connectivity index (χ2v) is 5.32. The van der Waals surface area contributed by atoms with Gasteiger partial charge < -0.3 is 9.84 Å². The van der Waals surface area contributed by atoms with E-state index in [1.54, 1.807) is 0 Å². The molecule has 0 aliphatic carbocycles. The molecule has 1 saturated heterocycles. The zero-order valence-corrected chi connectivity index (χ0v) is 11.0. The smallest absolute Gasteiger partial charge is 0.0863 e. The van der Waals surface area contributed by atoms with Crippen molar-refractivity contribution in [3.8, 4) is 0 Å². The number of ether oxygens (including phenoxy) is 1. The Morgan fingerprint density at radius 1 is 1.50 bits per heavy atom. The topological polar surface area (TPSA) is 29.5 Å². The summed E-state index contributed by atoms with van der Waals surface area (Å²) in [5.41, 5.74) is 1.14. The Hall–Kier alpha value is -0.380. The van der Waals surface area contributed by atoms with Gasteiger partial charge in [-0.1, -0.05) is 41.1 Å². The van der Waals surface area contributed by atoms with Crippen molar-refractivity contribution in [2.45, 2.75) is 32.0 Å². The molecule has 1 aromatic rings.